The third-order valence-corrected chi connectivity index (χ3v) is 3.42. The SMILES string of the molecule is COc1cccc(CN(Cc2ccccc2)C(=O)CCl)c1. The van der Waals surface area contributed by atoms with E-state index in [1.165, 1.54) is 0 Å². The third kappa shape index (κ3) is 4.50. The van der Waals surface area contributed by atoms with E-state index in [2.05, 4.69) is 0 Å². The predicted octanol–water partition coefficient (Wildman–Crippen LogP) is 3.46. The molecule has 0 heterocycles. The van der Waals surface area contributed by atoms with Crippen molar-refractivity contribution in [2.24, 2.45) is 0 Å². The van der Waals surface area contributed by atoms with Crippen molar-refractivity contribution in [2.45, 2.75) is 13.1 Å². The van der Waals surface area contributed by atoms with Gasteiger partial charge >= 0.3 is 0 Å². The first-order chi connectivity index (χ1) is 10.2. The van der Waals surface area contributed by atoms with Crippen LogP contribution in [0.4, 0.5) is 0 Å². The van der Waals surface area contributed by atoms with Gasteiger partial charge in [-0.1, -0.05) is 42.5 Å². The van der Waals surface area contributed by atoms with Gasteiger partial charge in [0.1, 0.15) is 11.6 Å². The highest BCUT2D eigenvalue weighted by atomic mass is 35.5. The maximum absolute atomic E-state index is 12.0. The molecule has 2 aromatic carbocycles. The Kier molecular flexibility index (Phi) is 5.64. The van der Waals surface area contributed by atoms with Crippen molar-refractivity contribution >= 4 is 17.5 Å². The lowest BCUT2D eigenvalue weighted by atomic mass is 10.1. The van der Waals surface area contributed by atoms with Crippen molar-refractivity contribution in [3.05, 3.63) is 65.7 Å². The number of alkyl halides is 1. The average Bonchev–Trinajstić information content (AvgIpc) is 2.54. The first-order valence-corrected chi connectivity index (χ1v) is 7.27. The maximum Gasteiger partial charge on any atom is 0.238 e. The zero-order valence-corrected chi connectivity index (χ0v) is 12.7. The van der Waals surface area contributed by atoms with Crippen molar-refractivity contribution in [1.29, 1.82) is 0 Å². The van der Waals surface area contributed by atoms with Gasteiger partial charge in [0.05, 0.1) is 7.11 Å². The van der Waals surface area contributed by atoms with E-state index < -0.39 is 0 Å². The number of methoxy groups -OCH3 is 1. The van der Waals surface area contributed by atoms with E-state index in [9.17, 15) is 4.79 Å². The summed E-state index contributed by atoms with van der Waals surface area (Å²) in [6.45, 7) is 1.06. The molecule has 0 aliphatic carbocycles. The second-order valence-electron chi connectivity index (χ2n) is 4.72. The molecule has 21 heavy (non-hydrogen) atoms. The van der Waals surface area contributed by atoms with Gasteiger partial charge in [-0.25, -0.2) is 0 Å². The van der Waals surface area contributed by atoms with Gasteiger partial charge in [-0.05, 0) is 23.3 Å². The summed E-state index contributed by atoms with van der Waals surface area (Å²) in [5.74, 6) is 0.686. The van der Waals surface area contributed by atoms with Crippen LogP contribution in [0.25, 0.3) is 0 Å². The Labute approximate surface area is 130 Å². The summed E-state index contributed by atoms with van der Waals surface area (Å²) in [7, 11) is 1.63. The summed E-state index contributed by atoms with van der Waals surface area (Å²) in [5, 5.41) is 0. The molecule has 4 heteroatoms. The number of hydrogen-bond donors (Lipinski definition) is 0. The van der Waals surface area contributed by atoms with Gasteiger partial charge in [-0.3, -0.25) is 4.79 Å². The molecule has 2 rings (SSSR count). The summed E-state index contributed by atoms with van der Waals surface area (Å²) in [4.78, 5) is 13.8. The molecule has 0 aliphatic heterocycles. The molecule has 0 bridgehead atoms. The summed E-state index contributed by atoms with van der Waals surface area (Å²) in [6.07, 6.45) is 0. The highest BCUT2D eigenvalue weighted by Crippen LogP contribution is 2.16. The van der Waals surface area contributed by atoms with Crippen LogP contribution >= 0.6 is 11.6 Å². The second-order valence-corrected chi connectivity index (χ2v) is 4.99. The molecule has 0 aromatic heterocycles. The minimum Gasteiger partial charge on any atom is -0.497 e. The lowest BCUT2D eigenvalue weighted by Gasteiger charge is -2.22. The third-order valence-electron chi connectivity index (χ3n) is 3.19. The van der Waals surface area contributed by atoms with E-state index in [1.807, 2.05) is 54.6 Å². The largest absolute Gasteiger partial charge is 0.497 e. The van der Waals surface area contributed by atoms with Crippen LogP contribution in [0, 0.1) is 0 Å². The first kappa shape index (κ1) is 15.4. The highest BCUT2D eigenvalue weighted by molar-refractivity contribution is 6.27. The number of amides is 1. The number of nitrogens with zero attached hydrogens (tertiary/aromatic N) is 1. The molecule has 0 saturated heterocycles. The van der Waals surface area contributed by atoms with Crippen LogP contribution in [0.5, 0.6) is 5.75 Å². The van der Waals surface area contributed by atoms with Crippen molar-refractivity contribution in [3.63, 3.8) is 0 Å². The summed E-state index contributed by atoms with van der Waals surface area (Å²) in [5.41, 5.74) is 2.10. The fourth-order valence-corrected chi connectivity index (χ4v) is 2.28. The smallest absolute Gasteiger partial charge is 0.238 e. The molecule has 0 atom stereocenters. The molecule has 3 nitrogen and oxygen atoms in total. The van der Waals surface area contributed by atoms with E-state index >= 15 is 0 Å². The van der Waals surface area contributed by atoms with Crippen LogP contribution in [0.2, 0.25) is 0 Å². The quantitative estimate of drug-likeness (QED) is 0.765. The molecule has 2 aromatic rings. The molecular formula is C17H18ClNO2. The Morgan fingerprint density at radius 1 is 1.05 bits per heavy atom. The molecule has 110 valence electrons. The van der Waals surface area contributed by atoms with Crippen LogP contribution in [-0.4, -0.2) is 23.8 Å². The number of hydrogen-bond acceptors (Lipinski definition) is 2. The van der Waals surface area contributed by atoms with Gasteiger partial charge in [0.15, 0.2) is 0 Å². The molecule has 0 radical (unpaired) electrons. The number of ether oxygens (including phenoxy) is 1. The van der Waals surface area contributed by atoms with Crippen molar-refractivity contribution in [1.82, 2.24) is 4.90 Å². The highest BCUT2D eigenvalue weighted by Gasteiger charge is 2.13. The molecule has 0 saturated carbocycles. The molecule has 0 unspecified atom stereocenters. The van der Waals surface area contributed by atoms with Crippen LogP contribution in [0.3, 0.4) is 0 Å². The molecule has 1 amide bonds. The van der Waals surface area contributed by atoms with E-state index in [0.29, 0.717) is 13.1 Å². The topological polar surface area (TPSA) is 29.5 Å². The van der Waals surface area contributed by atoms with Crippen LogP contribution < -0.4 is 4.74 Å². The Balaban J connectivity index is 2.14. The summed E-state index contributed by atoms with van der Waals surface area (Å²) < 4.78 is 5.21. The number of benzene rings is 2. The maximum atomic E-state index is 12.0. The fourth-order valence-electron chi connectivity index (χ4n) is 2.11. The van der Waals surface area contributed by atoms with Crippen molar-refractivity contribution in [2.75, 3.05) is 13.0 Å². The Bertz CT molecular complexity index is 586. The fraction of sp³-hybridized carbons (Fsp3) is 0.235. The summed E-state index contributed by atoms with van der Waals surface area (Å²) in [6, 6.07) is 17.6. The van der Waals surface area contributed by atoms with E-state index in [4.69, 9.17) is 16.3 Å². The second kappa shape index (κ2) is 7.70. The molecule has 0 spiro atoms. The molecule has 0 N–H and O–H groups in total. The van der Waals surface area contributed by atoms with Gasteiger partial charge in [-0.15, -0.1) is 11.6 Å². The Hall–Kier alpha value is -2.00. The lowest BCUT2D eigenvalue weighted by molar-refractivity contribution is -0.129. The standard InChI is InChI=1S/C17H18ClNO2/c1-21-16-9-5-8-15(10-16)13-19(17(20)11-18)12-14-6-3-2-4-7-14/h2-10H,11-13H2,1H3. The molecule has 0 fully saturated rings. The van der Waals surface area contributed by atoms with Crippen LogP contribution in [0.1, 0.15) is 11.1 Å². The van der Waals surface area contributed by atoms with Gasteiger partial charge < -0.3 is 9.64 Å². The normalized spacial score (nSPS) is 10.2. The summed E-state index contributed by atoms with van der Waals surface area (Å²) >= 11 is 5.72. The Morgan fingerprint density at radius 2 is 1.71 bits per heavy atom. The van der Waals surface area contributed by atoms with E-state index in [1.54, 1.807) is 12.0 Å². The van der Waals surface area contributed by atoms with Gasteiger partial charge in [0, 0.05) is 13.1 Å². The zero-order chi connectivity index (χ0) is 15.1. The average molecular weight is 304 g/mol. The van der Waals surface area contributed by atoms with E-state index in [-0.39, 0.29) is 11.8 Å². The number of rotatable bonds is 6. The lowest BCUT2D eigenvalue weighted by Crippen LogP contribution is -2.31. The van der Waals surface area contributed by atoms with Crippen LogP contribution in [-0.2, 0) is 17.9 Å². The molecule has 0 aliphatic rings. The first-order valence-electron chi connectivity index (χ1n) is 6.73. The predicted molar refractivity (Wildman–Crippen MR) is 84.4 cm³/mol. The van der Waals surface area contributed by atoms with Crippen molar-refractivity contribution in [3.8, 4) is 5.75 Å². The number of carbonyl (C=O) groups is 1. The minimum absolute atomic E-state index is 0.0171. The van der Waals surface area contributed by atoms with Gasteiger partial charge in [-0.2, -0.15) is 0 Å². The number of halogens is 1. The number of carbonyl (C=O) groups excluding carboxylic acids is 1. The minimum atomic E-state index is -0.0802. The van der Waals surface area contributed by atoms with Crippen molar-refractivity contribution < 1.29 is 9.53 Å². The van der Waals surface area contributed by atoms with Gasteiger partial charge in [0.25, 0.3) is 0 Å². The monoisotopic (exact) mass is 303 g/mol. The Morgan fingerprint density at radius 3 is 2.38 bits per heavy atom. The molecular weight excluding hydrogens is 286 g/mol. The van der Waals surface area contributed by atoms with Gasteiger partial charge in [0.2, 0.25) is 5.91 Å². The van der Waals surface area contributed by atoms with Crippen LogP contribution in [0.15, 0.2) is 54.6 Å². The zero-order valence-electron chi connectivity index (χ0n) is 12.0. The van der Waals surface area contributed by atoms with E-state index in [0.717, 1.165) is 16.9 Å².